The highest BCUT2D eigenvalue weighted by molar-refractivity contribution is 6.17. The lowest BCUT2D eigenvalue weighted by Crippen LogP contribution is -2.30. The summed E-state index contributed by atoms with van der Waals surface area (Å²) in [6.45, 7) is 0. The second-order valence-corrected chi connectivity index (χ2v) is 6.27. The molecule has 2 rings (SSSR count). The standard InChI is InChI=1S/C14H4F6N6O10/c15-13(16,17)11(27)21-3-1-5(23(29)30)7-8(9(3)25(33)34)6(24(31)32)2-4(10(7)26(35)36)22-12(28)14(18,19)20/h1-2H,(H,21,27)(H,22,28). The van der Waals surface area contributed by atoms with Crippen molar-refractivity contribution in [2.24, 2.45) is 0 Å². The zero-order valence-electron chi connectivity index (χ0n) is 16.3. The van der Waals surface area contributed by atoms with E-state index in [1.807, 2.05) is 0 Å². The predicted octanol–water partition coefficient (Wildman–Crippen LogP) is 3.47. The van der Waals surface area contributed by atoms with Crippen LogP contribution in [0.15, 0.2) is 12.1 Å². The van der Waals surface area contributed by atoms with Crippen LogP contribution in [0.1, 0.15) is 0 Å². The number of nitrogens with zero attached hydrogens (tertiary/aromatic N) is 4. The number of benzene rings is 2. The fraction of sp³-hybridized carbons (Fsp3) is 0.143. The van der Waals surface area contributed by atoms with Gasteiger partial charge in [0.2, 0.25) is 0 Å². The van der Waals surface area contributed by atoms with Gasteiger partial charge in [0.1, 0.15) is 11.4 Å². The number of nitro benzene ring substituents is 4. The van der Waals surface area contributed by atoms with E-state index in [-0.39, 0.29) is 12.1 Å². The number of nitrogens with one attached hydrogen (secondary N) is 2. The van der Waals surface area contributed by atoms with E-state index in [9.17, 15) is 76.4 Å². The van der Waals surface area contributed by atoms with Crippen molar-refractivity contribution in [3.8, 4) is 0 Å². The van der Waals surface area contributed by atoms with Crippen LogP contribution in [-0.4, -0.2) is 43.9 Å². The summed E-state index contributed by atoms with van der Waals surface area (Å²) < 4.78 is 75.9. The molecule has 2 N–H and O–H groups in total. The summed E-state index contributed by atoms with van der Waals surface area (Å²) in [7, 11) is 0. The Morgan fingerprint density at radius 1 is 0.611 bits per heavy atom. The van der Waals surface area contributed by atoms with Crippen molar-refractivity contribution in [1.29, 1.82) is 0 Å². The number of anilines is 2. The lowest BCUT2D eigenvalue weighted by Gasteiger charge is -2.13. The molecular formula is C14H4F6N6O10. The molecule has 0 fully saturated rings. The van der Waals surface area contributed by atoms with Crippen LogP contribution in [0.3, 0.4) is 0 Å². The fourth-order valence-electron chi connectivity index (χ4n) is 2.80. The molecule has 0 aliphatic carbocycles. The average molecular weight is 530 g/mol. The maximum atomic E-state index is 12.6. The van der Waals surface area contributed by atoms with Crippen molar-refractivity contribution < 1.29 is 55.6 Å². The number of nitro groups is 4. The number of carbonyl (C=O) groups excluding carboxylic acids is 2. The summed E-state index contributed by atoms with van der Waals surface area (Å²) >= 11 is 0. The molecule has 0 aliphatic rings. The number of alkyl halides is 6. The maximum absolute atomic E-state index is 12.6. The van der Waals surface area contributed by atoms with Gasteiger partial charge in [0.25, 0.3) is 11.4 Å². The largest absolute Gasteiger partial charge is 0.471 e. The van der Waals surface area contributed by atoms with Gasteiger partial charge >= 0.3 is 35.5 Å². The third-order valence-electron chi connectivity index (χ3n) is 4.08. The molecular weight excluding hydrogens is 526 g/mol. The van der Waals surface area contributed by atoms with Crippen LogP contribution in [-0.2, 0) is 9.59 Å². The van der Waals surface area contributed by atoms with Gasteiger partial charge in [-0.05, 0) is 0 Å². The molecule has 0 heterocycles. The first-order chi connectivity index (χ1) is 16.3. The van der Waals surface area contributed by atoms with E-state index in [0.29, 0.717) is 0 Å². The van der Waals surface area contributed by atoms with Crippen LogP contribution in [0, 0.1) is 40.5 Å². The van der Waals surface area contributed by atoms with Gasteiger partial charge < -0.3 is 10.6 Å². The molecule has 0 spiro atoms. The molecule has 2 aromatic carbocycles. The number of fused-ring (bicyclic) bond motifs is 1. The van der Waals surface area contributed by atoms with Crippen LogP contribution in [0.25, 0.3) is 10.8 Å². The van der Waals surface area contributed by atoms with Gasteiger partial charge in [0.15, 0.2) is 10.8 Å². The molecule has 36 heavy (non-hydrogen) atoms. The number of amides is 2. The van der Waals surface area contributed by atoms with Gasteiger partial charge in [0.05, 0.1) is 19.7 Å². The summed E-state index contributed by atoms with van der Waals surface area (Å²) in [5, 5.41) is 44.6. The summed E-state index contributed by atoms with van der Waals surface area (Å²) in [5.74, 6) is -5.88. The van der Waals surface area contributed by atoms with Crippen LogP contribution >= 0.6 is 0 Å². The number of hydrogen-bond donors (Lipinski definition) is 2. The van der Waals surface area contributed by atoms with Gasteiger partial charge in [-0.25, -0.2) is 0 Å². The Morgan fingerprint density at radius 2 is 0.889 bits per heavy atom. The highest BCUT2D eigenvalue weighted by atomic mass is 19.4. The number of non-ortho nitro benzene ring substituents is 2. The van der Waals surface area contributed by atoms with Gasteiger partial charge in [-0.2, -0.15) is 26.3 Å². The van der Waals surface area contributed by atoms with Crippen molar-refractivity contribution in [3.05, 3.63) is 52.6 Å². The molecule has 16 nitrogen and oxygen atoms in total. The predicted molar refractivity (Wildman–Crippen MR) is 99.9 cm³/mol. The molecule has 2 aromatic rings. The molecule has 22 heteroatoms. The fourth-order valence-corrected chi connectivity index (χ4v) is 2.80. The highest BCUT2D eigenvalue weighted by Crippen LogP contribution is 2.50. The van der Waals surface area contributed by atoms with Crippen molar-refractivity contribution in [2.75, 3.05) is 10.6 Å². The minimum Gasteiger partial charge on any atom is -0.312 e. The first kappa shape index (κ1) is 27.1. The SMILES string of the molecule is O=C(Nc1cc([N+](=O)[O-])c2c([N+](=O)[O-])c(NC(=O)C(F)(F)F)cc([N+](=O)[O-])c2c1[N+](=O)[O-])C(F)(F)F. The smallest absolute Gasteiger partial charge is 0.312 e. The van der Waals surface area contributed by atoms with Crippen molar-refractivity contribution in [3.63, 3.8) is 0 Å². The van der Waals surface area contributed by atoms with E-state index in [1.54, 1.807) is 0 Å². The Kier molecular flexibility index (Phi) is 6.67. The first-order valence-corrected chi connectivity index (χ1v) is 8.30. The van der Waals surface area contributed by atoms with E-state index in [0.717, 1.165) is 10.6 Å². The second kappa shape index (κ2) is 8.88. The Balaban J connectivity index is 3.22. The van der Waals surface area contributed by atoms with E-state index >= 15 is 0 Å². The number of rotatable bonds is 6. The molecule has 0 aliphatic heterocycles. The normalized spacial score (nSPS) is 11.6. The first-order valence-electron chi connectivity index (χ1n) is 8.30. The molecule has 0 atom stereocenters. The van der Waals surface area contributed by atoms with Crippen molar-refractivity contribution in [2.45, 2.75) is 12.4 Å². The minimum atomic E-state index is -5.73. The molecule has 0 unspecified atom stereocenters. The van der Waals surface area contributed by atoms with Crippen LogP contribution in [0.4, 0.5) is 60.5 Å². The van der Waals surface area contributed by atoms with E-state index in [4.69, 9.17) is 0 Å². The van der Waals surface area contributed by atoms with Gasteiger partial charge in [-0.3, -0.25) is 50.0 Å². The molecule has 0 saturated carbocycles. The number of hydrogen-bond acceptors (Lipinski definition) is 10. The molecule has 0 radical (unpaired) electrons. The molecule has 0 saturated heterocycles. The lowest BCUT2D eigenvalue weighted by atomic mass is 9.99. The van der Waals surface area contributed by atoms with Crippen molar-refractivity contribution >= 4 is 56.7 Å². The minimum absolute atomic E-state index is 0.198. The summed E-state index contributed by atoms with van der Waals surface area (Å²) in [6, 6.07) is -0.396. The Bertz CT molecular complexity index is 1270. The Labute approximate surface area is 189 Å². The van der Waals surface area contributed by atoms with Gasteiger partial charge in [0, 0.05) is 12.1 Å². The monoisotopic (exact) mass is 530 g/mol. The molecule has 0 bridgehead atoms. The quantitative estimate of drug-likeness (QED) is 0.313. The average Bonchev–Trinajstić information content (AvgIpc) is 2.70. The third-order valence-corrected chi connectivity index (χ3v) is 4.08. The number of halogens is 6. The third kappa shape index (κ3) is 5.00. The Morgan fingerprint density at radius 3 is 1.08 bits per heavy atom. The summed E-state index contributed by atoms with van der Waals surface area (Å²) in [4.78, 5) is 62.1. The topological polar surface area (TPSA) is 231 Å². The zero-order valence-corrected chi connectivity index (χ0v) is 16.3. The maximum Gasteiger partial charge on any atom is 0.471 e. The molecule has 0 aromatic heterocycles. The lowest BCUT2D eigenvalue weighted by molar-refractivity contribution is -0.394. The van der Waals surface area contributed by atoms with Gasteiger partial charge in [-0.15, -0.1) is 0 Å². The van der Waals surface area contributed by atoms with Crippen molar-refractivity contribution in [1.82, 2.24) is 0 Å². The van der Waals surface area contributed by atoms with E-state index < -0.39 is 88.8 Å². The summed E-state index contributed by atoms with van der Waals surface area (Å²) in [5.41, 5.74) is -10.6. The number of carbonyl (C=O) groups is 2. The van der Waals surface area contributed by atoms with E-state index in [2.05, 4.69) is 0 Å². The zero-order chi connectivity index (χ0) is 27.9. The van der Waals surface area contributed by atoms with E-state index in [1.165, 1.54) is 0 Å². The van der Waals surface area contributed by atoms with Gasteiger partial charge in [-0.1, -0.05) is 0 Å². The molecule has 192 valence electrons. The molecule has 2 amide bonds. The van der Waals surface area contributed by atoms with Crippen LogP contribution in [0.2, 0.25) is 0 Å². The van der Waals surface area contributed by atoms with Crippen LogP contribution < -0.4 is 10.6 Å². The van der Waals surface area contributed by atoms with Crippen LogP contribution in [0.5, 0.6) is 0 Å². The highest BCUT2D eigenvalue weighted by Gasteiger charge is 2.45. The second-order valence-electron chi connectivity index (χ2n) is 6.27. The summed E-state index contributed by atoms with van der Waals surface area (Å²) in [6.07, 6.45) is -11.5. The Hall–Kier alpha value is -5.18.